The summed E-state index contributed by atoms with van der Waals surface area (Å²) in [6, 6.07) is 6.06. The number of nitrogens with zero attached hydrogens (tertiary/aromatic N) is 1. The molecule has 2 rings (SSSR count). The van der Waals surface area contributed by atoms with Crippen molar-refractivity contribution >= 4 is 38.0 Å². The first-order chi connectivity index (χ1) is 10.1. The summed E-state index contributed by atoms with van der Waals surface area (Å²) in [5, 5.41) is 0. The minimum Gasteiger partial charge on any atom is -0.443 e. The van der Waals surface area contributed by atoms with E-state index in [9.17, 15) is 4.79 Å². The highest BCUT2D eigenvalue weighted by atomic mass is 79.9. The Morgan fingerprint density at radius 3 is 2.32 bits per heavy atom. The zero-order valence-electron chi connectivity index (χ0n) is 13.3. The van der Waals surface area contributed by atoms with Crippen LogP contribution in [-0.2, 0) is 4.74 Å². The molecule has 0 aliphatic heterocycles. The summed E-state index contributed by atoms with van der Waals surface area (Å²) in [6.07, 6.45) is 1.36. The minimum atomic E-state index is -0.532. The topological polar surface area (TPSA) is 31.2 Å². The molecule has 0 saturated heterocycles. The van der Waals surface area contributed by atoms with E-state index in [2.05, 4.69) is 44.0 Å². The van der Waals surface area contributed by atoms with Gasteiger partial charge in [0.15, 0.2) is 0 Å². The number of carbonyl (C=O) groups is 1. The summed E-state index contributed by atoms with van der Waals surface area (Å²) in [6.45, 7) is 9.64. The van der Waals surface area contributed by atoms with Crippen LogP contribution in [0.3, 0.4) is 0 Å². The van der Waals surface area contributed by atoms with Crippen LogP contribution < -0.4 is 0 Å². The van der Waals surface area contributed by atoms with E-state index < -0.39 is 5.60 Å². The highest BCUT2D eigenvalue weighted by Crippen LogP contribution is 2.32. The Kier molecular flexibility index (Phi) is 4.87. The molecule has 0 aliphatic rings. The Morgan fingerprint density at radius 1 is 1.09 bits per heavy atom. The second-order valence-corrected chi connectivity index (χ2v) is 8.08. The number of hydrogen-bond acceptors (Lipinski definition) is 2. The number of aryl methyl sites for hydroxylation is 2. The number of aromatic nitrogens is 1. The third-order valence-electron chi connectivity index (χ3n) is 3.16. The predicted molar refractivity (Wildman–Crippen MR) is 96.4 cm³/mol. The van der Waals surface area contributed by atoms with Gasteiger partial charge in [0.2, 0.25) is 0 Å². The van der Waals surface area contributed by atoms with Gasteiger partial charge in [0.25, 0.3) is 0 Å². The van der Waals surface area contributed by atoms with Gasteiger partial charge in [-0.1, -0.05) is 15.9 Å². The molecule has 0 radical (unpaired) electrons. The van der Waals surface area contributed by atoms with E-state index in [1.165, 1.54) is 0 Å². The summed E-state index contributed by atoms with van der Waals surface area (Å²) in [5.74, 6) is 0. The number of hydrogen-bond donors (Lipinski definition) is 0. The molecule has 0 unspecified atom stereocenters. The molecule has 5 heteroatoms. The molecule has 3 nitrogen and oxygen atoms in total. The van der Waals surface area contributed by atoms with Crippen LogP contribution in [0.1, 0.15) is 31.9 Å². The normalized spacial score (nSPS) is 11.6. The lowest BCUT2D eigenvalue weighted by molar-refractivity contribution is 0.0540. The molecule has 0 amide bonds. The molecule has 0 saturated carbocycles. The summed E-state index contributed by atoms with van der Waals surface area (Å²) in [4.78, 5) is 12.4. The maximum atomic E-state index is 12.4. The molecule has 22 heavy (non-hydrogen) atoms. The lowest BCUT2D eigenvalue weighted by atomic mass is 10.0. The summed E-state index contributed by atoms with van der Waals surface area (Å²) >= 11 is 6.99. The first-order valence-corrected chi connectivity index (χ1v) is 8.55. The van der Waals surface area contributed by atoms with E-state index in [0.29, 0.717) is 0 Å². The van der Waals surface area contributed by atoms with Gasteiger partial charge in [-0.05, 0) is 79.9 Å². The number of rotatable bonds is 1. The molecule has 0 aliphatic carbocycles. The van der Waals surface area contributed by atoms with Crippen LogP contribution in [0.15, 0.2) is 33.3 Å². The molecule has 0 spiro atoms. The largest absolute Gasteiger partial charge is 0.443 e. The molecule has 2 aromatic rings. The van der Waals surface area contributed by atoms with Crippen molar-refractivity contribution in [2.45, 2.75) is 40.2 Å². The van der Waals surface area contributed by atoms with Crippen LogP contribution in [0.5, 0.6) is 0 Å². The van der Waals surface area contributed by atoms with Crippen molar-refractivity contribution in [2.24, 2.45) is 0 Å². The van der Waals surface area contributed by atoms with Gasteiger partial charge in [-0.15, -0.1) is 0 Å². The van der Waals surface area contributed by atoms with E-state index in [-0.39, 0.29) is 6.09 Å². The van der Waals surface area contributed by atoms with Gasteiger partial charge in [-0.25, -0.2) is 4.79 Å². The molecule has 0 bridgehead atoms. The Balaban J connectivity index is 2.54. The van der Waals surface area contributed by atoms with Gasteiger partial charge in [0, 0.05) is 20.7 Å². The number of halogens is 2. The van der Waals surface area contributed by atoms with Crippen molar-refractivity contribution in [1.29, 1.82) is 0 Å². The first-order valence-electron chi connectivity index (χ1n) is 6.97. The van der Waals surface area contributed by atoms with Gasteiger partial charge in [-0.2, -0.15) is 0 Å². The lowest BCUT2D eigenvalue weighted by Gasteiger charge is -2.21. The second kappa shape index (κ2) is 6.20. The monoisotopic (exact) mass is 427 g/mol. The zero-order valence-corrected chi connectivity index (χ0v) is 16.5. The summed E-state index contributed by atoms with van der Waals surface area (Å²) in [5.41, 5.74) is 3.50. The molecule has 0 fully saturated rings. The van der Waals surface area contributed by atoms with Crippen LogP contribution in [0.25, 0.3) is 11.3 Å². The van der Waals surface area contributed by atoms with Crippen LogP contribution in [0.4, 0.5) is 4.79 Å². The molecule has 1 heterocycles. The van der Waals surface area contributed by atoms with Crippen LogP contribution in [-0.4, -0.2) is 16.3 Å². The predicted octanol–water partition coefficient (Wildman–Crippen LogP) is 6.08. The molecule has 1 aromatic carbocycles. The van der Waals surface area contributed by atoms with Gasteiger partial charge in [0.1, 0.15) is 5.60 Å². The fourth-order valence-electron chi connectivity index (χ4n) is 2.16. The van der Waals surface area contributed by atoms with Crippen molar-refractivity contribution in [3.63, 3.8) is 0 Å². The molecular weight excluding hydrogens is 410 g/mol. The number of ether oxygens (including phenoxy) is 1. The molecule has 1 aromatic heterocycles. The van der Waals surface area contributed by atoms with Crippen molar-refractivity contribution in [3.8, 4) is 11.3 Å². The van der Waals surface area contributed by atoms with Gasteiger partial charge in [-0.3, -0.25) is 4.57 Å². The van der Waals surface area contributed by atoms with E-state index >= 15 is 0 Å². The highest BCUT2D eigenvalue weighted by Gasteiger charge is 2.21. The zero-order chi connectivity index (χ0) is 16.7. The second-order valence-electron chi connectivity index (χ2n) is 6.31. The molecule has 118 valence electrons. The summed E-state index contributed by atoms with van der Waals surface area (Å²) < 4.78 is 8.93. The molecular formula is C17H19Br2NO2. The Hall–Kier alpha value is -1.07. The van der Waals surface area contributed by atoms with Gasteiger partial charge < -0.3 is 4.74 Å². The fourth-order valence-corrected chi connectivity index (χ4v) is 3.04. The van der Waals surface area contributed by atoms with Crippen molar-refractivity contribution in [2.75, 3.05) is 0 Å². The standard InChI is InChI=1S/C17H19Br2NO2/c1-10-7-14(19)11(2)6-13(10)15-8-12(18)9-20(15)16(21)22-17(3,4)5/h6-9H,1-5H3. The van der Waals surface area contributed by atoms with E-state index in [1.807, 2.05) is 40.7 Å². The highest BCUT2D eigenvalue weighted by molar-refractivity contribution is 9.10. The van der Waals surface area contributed by atoms with Gasteiger partial charge >= 0.3 is 6.09 Å². The fraction of sp³-hybridized carbons (Fsp3) is 0.353. The first kappa shape index (κ1) is 17.3. The Bertz CT molecular complexity index is 727. The number of benzene rings is 1. The van der Waals surface area contributed by atoms with E-state index in [1.54, 1.807) is 10.8 Å². The molecule has 0 N–H and O–H groups in total. The SMILES string of the molecule is Cc1cc(-c2cc(Br)cn2C(=O)OC(C)(C)C)c(C)cc1Br. The minimum absolute atomic E-state index is 0.381. The van der Waals surface area contributed by atoms with Crippen LogP contribution >= 0.6 is 31.9 Å². The Morgan fingerprint density at radius 2 is 1.73 bits per heavy atom. The average Bonchev–Trinajstić information content (AvgIpc) is 2.74. The smallest absolute Gasteiger partial charge is 0.419 e. The third kappa shape index (κ3) is 3.82. The molecule has 0 atom stereocenters. The maximum Gasteiger partial charge on any atom is 0.419 e. The van der Waals surface area contributed by atoms with E-state index in [0.717, 1.165) is 31.3 Å². The van der Waals surface area contributed by atoms with E-state index in [4.69, 9.17) is 4.74 Å². The van der Waals surface area contributed by atoms with Crippen LogP contribution in [0.2, 0.25) is 0 Å². The summed E-state index contributed by atoms with van der Waals surface area (Å²) in [7, 11) is 0. The van der Waals surface area contributed by atoms with Crippen molar-refractivity contribution in [1.82, 2.24) is 4.57 Å². The average molecular weight is 429 g/mol. The lowest BCUT2D eigenvalue weighted by Crippen LogP contribution is -2.27. The third-order valence-corrected chi connectivity index (χ3v) is 4.45. The van der Waals surface area contributed by atoms with Crippen molar-refractivity contribution in [3.05, 3.63) is 44.5 Å². The quantitative estimate of drug-likeness (QED) is 0.550. The maximum absolute atomic E-state index is 12.4. The van der Waals surface area contributed by atoms with Crippen LogP contribution in [0, 0.1) is 13.8 Å². The van der Waals surface area contributed by atoms with Crippen molar-refractivity contribution < 1.29 is 9.53 Å². The number of carbonyl (C=O) groups excluding carboxylic acids is 1. The Labute approximate surface area is 147 Å². The van der Waals surface area contributed by atoms with Gasteiger partial charge in [0.05, 0.1) is 5.69 Å².